The number of aromatic nitrogens is 2. The van der Waals surface area contributed by atoms with Gasteiger partial charge in [0, 0.05) is 34.0 Å². The minimum atomic E-state index is -0.288. The van der Waals surface area contributed by atoms with Crippen LogP contribution in [0.2, 0.25) is 0 Å². The van der Waals surface area contributed by atoms with Crippen LogP contribution in [0.4, 0.5) is 0 Å². The highest BCUT2D eigenvalue weighted by Gasteiger charge is 2.15. The minimum Gasteiger partial charge on any atom is -0.497 e. The molecule has 2 aromatic heterocycles. The van der Waals surface area contributed by atoms with E-state index in [4.69, 9.17) is 14.5 Å². The molecule has 1 amide bonds. The van der Waals surface area contributed by atoms with E-state index in [0.717, 1.165) is 22.1 Å². The Morgan fingerprint density at radius 3 is 2.43 bits per heavy atom. The van der Waals surface area contributed by atoms with Crippen molar-refractivity contribution in [3.63, 3.8) is 0 Å². The molecule has 2 N–H and O–H groups in total. The maximum absolute atomic E-state index is 13.3. The molecule has 0 aliphatic carbocycles. The molecule has 0 saturated heterocycles. The maximum atomic E-state index is 13.3. The fourth-order valence-electron chi connectivity index (χ4n) is 4.03. The zero-order valence-electron chi connectivity index (χ0n) is 19.3. The van der Waals surface area contributed by atoms with Gasteiger partial charge in [-0.2, -0.15) is 0 Å². The lowest BCUT2D eigenvalue weighted by molar-refractivity contribution is 0.0952. The first-order valence-electron chi connectivity index (χ1n) is 11.1. The van der Waals surface area contributed by atoms with E-state index in [-0.39, 0.29) is 18.0 Å². The van der Waals surface area contributed by atoms with Crippen molar-refractivity contribution in [2.24, 2.45) is 0 Å². The summed E-state index contributed by atoms with van der Waals surface area (Å²) in [5.74, 6) is 1.14. The molecule has 7 nitrogen and oxygen atoms in total. The number of aromatic amines is 1. The van der Waals surface area contributed by atoms with E-state index in [1.54, 1.807) is 38.5 Å². The van der Waals surface area contributed by atoms with Crippen LogP contribution in [-0.4, -0.2) is 30.1 Å². The third-order valence-electron chi connectivity index (χ3n) is 5.91. The van der Waals surface area contributed by atoms with Crippen LogP contribution in [0.25, 0.3) is 33.1 Å². The standard InChI is InChI=1S/C28H23N3O4/c1-34-20-9-7-17(8-10-20)26-15-23(22-5-3-4-6-25(22)30-26)28(33)29-16-19-13-18-14-21(35-2)11-12-24(18)31-27(19)32/h3-15H,16H2,1-2H3,(H,29,33)(H,31,32). The molecule has 0 saturated carbocycles. The molecule has 5 aromatic rings. The van der Waals surface area contributed by atoms with Gasteiger partial charge in [-0.05, 0) is 60.7 Å². The molecule has 174 valence electrons. The van der Waals surface area contributed by atoms with Gasteiger partial charge in [0.1, 0.15) is 11.5 Å². The van der Waals surface area contributed by atoms with Gasteiger partial charge in [0.2, 0.25) is 0 Å². The summed E-state index contributed by atoms with van der Waals surface area (Å²) in [5.41, 5.74) is 3.64. The van der Waals surface area contributed by atoms with E-state index < -0.39 is 0 Å². The van der Waals surface area contributed by atoms with Gasteiger partial charge in [-0.25, -0.2) is 4.98 Å². The number of nitrogens with one attached hydrogen (secondary N) is 2. The van der Waals surface area contributed by atoms with Crippen LogP contribution in [0.15, 0.2) is 83.7 Å². The van der Waals surface area contributed by atoms with Crippen molar-refractivity contribution in [3.8, 4) is 22.8 Å². The number of H-pyrrole nitrogens is 1. The van der Waals surface area contributed by atoms with Gasteiger partial charge in [-0.1, -0.05) is 18.2 Å². The monoisotopic (exact) mass is 465 g/mol. The Kier molecular flexibility index (Phi) is 5.89. The van der Waals surface area contributed by atoms with Gasteiger partial charge in [0.05, 0.1) is 31.0 Å². The van der Waals surface area contributed by atoms with Crippen LogP contribution < -0.4 is 20.3 Å². The predicted octanol–water partition coefficient (Wildman–Crippen LogP) is 4.69. The molecule has 0 spiro atoms. The first-order valence-corrected chi connectivity index (χ1v) is 11.1. The molecule has 0 radical (unpaired) electrons. The number of hydrogen-bond donors (Lipinski definition) is 2. The maximum Gasteiger partial charge on any atom is 0.253 e. The van der Waals surface area contributed by atoms with Gasteiger partial charge < -0.3 is 19.8 Å². The number of hydrogen-bond acceptors (Lipinski definition) is 5. The van der Waals surface area contributed by atoms with Crippen molar-refractivity contribution in [1.29, 1.82) is 0 Å². The average molecular weight is 466 g/mol. The Hall–Kier alpha value is -4.65. The van der Waals surface area contributed by atoms with E-state index in [2.05, 4.69) is 10.3 Å². The number of amides is 1. The van der Waals surface area contributed by atoms with Gasteiger partial charge >= 0.3 is 0 Å². The van der Waals surface area contributed by atoms with E-state index in [0.29, 0.717) is 33.6 Å². The molecule has 5 rings (SSSR count). The van der Waals surface area contributed by atoms with Crippen molar-refractivity contribution in [2.75, 3.05) is 14.2 Å². The summed E-state index contributed by atoms with van der Waals surface area (Å²) in [5, 5.41) is 4.46. The second-order valence-electron chi connectivity index (χ2n) is 8.06. The fourth-order valence-corrected chi connectivity index (χ4v) is 4.03. The van der Waals surface area contributed by atoms with Crippen LogP contribution in [0, 0.1) is 0 Å². The Labute approximate surface area is 201 Å². The summed E-state index contributed by atoms with van der Waals surface area (Å²) < 4.78 is 10.5. The van der Waals surface area contributed by atoms with E-state index in [1.165, 1.54) is 0 Å². The molecule has 2 heterocycles. The molecular weight excluding hydrogens is 442 g/mol. The fraction of sp³-hybridized carbons (Fsp3) is 0.107. The van der Waals surface area contributed by atoms with Crippen molar-refractivity contribution in [1.82, 2.24) is 15.3 Å². The summed E-state index contributed by atoms with van der Waals surface area (Å²) in [6, 6.07) is 24.0. The van der Waals surface area contributed by atoms with Crippen molar-refractivity contribution >= 4 is 27.7 Å². The zero-order chi connectivity index (χ0) is 24.4. The highest BCUT2D eigenvalue weighted by molar-refractivity contribution is 6.07. The third-order valence-corrected chi connectivity index (χ3v) is 5.91. The van der Waals surface area contributed by atoms with Gasteiger partial charge in [0.25, 0.3) is 11.5 Å². The molecule has 7 heteroatoms. The van der Waals surface area contributed by atoms with Crippen molar-refractivity contribution in [2.45, 2.75) is 6.54 Å². The van der Waals surface area contributed by atoms with Crippen LogP contribution in [0.5, 0.6) is 11.5 Å². The second kappa shape index (κ2) is 9.30. The molecule has 0 bridgehead atoms. The number of ether oxygens (including phenoxy) is 2. The highest BCUT2D eigenvalue weighted by Crippen LogP contribution is 2.26. The number of para-hydroxylation sites is 1. The number of carbonyl (C=O) groups excluding carboxylic acids is 1. The van der Waals surface area contributed by atoms with Gasteiger partial charge in [-0.15, -0.1) is 0 Å². The molecule has 0 aliphatic heterocycles. The number of nitrogens with zero attached hydrogens (tertiary/aromatic N) is 1. The number of methoxy groups -OCH3 is 2. The second-order valence-corrected chi connectivity index (χ2v) is 8.06. The lowest BCUT2D eigenvalue weighted by Crippen LogP contribution is -2.27. The summed E-state index contributed by atoms with van der Waals surface area (Å²) in [6.45, 7) is 0.0792. The lowest BCUT2D eigenvalue weighted by Gasteiger charge is -2.11. The number of rotatable bonds is 6. The van der Waals surface area contributed by atoms with Crippen molar-refractivity contribution < 1.29 is 14.3 Å². The Morgan fingerprint density at radius 1 is 0.914 bits per heavy atom. The molecular formula is C28H23N3O4. The zero-order valence-corrected chi connectivity index (χ0v) is 19.3. The van der Waals surface area contributed by atoms with Crippen LogP contribution in [0.3, 0.4) is 0 Å². The first kappa shape index (κ1) is 22.2. The van der Waals surface area contributed by atoms with Crippen LogP contribution in [0.1, 0.15) is 15.9 Å². The number of fused-ring (bicyclic) bond motifs is 2. The Bertz CT molecular complexity index is 1610. The van der Waals surface area contributed by atoms with Crippen molar-refractivity contribution in [3.05, 3.63) is 100 Å². The molecule has 0 aliphatic rings. The number of carbonyl (C=O) groups is 1. The van der Waals surface area contributed by atoms with Crippen LogP contribution >= 0.6 is 0 Å². The van der Waals surface area contributed by atoms with E-state index in [9.17, 15) is 9.59 Å². The molecule has 0 unspecified atom stereocenters. The van der Waals surface area contributed by atoms with Crippen LogP contribution in [-0.2, 0) is 6.54 Å². The molecule has 3 aromatic carbocycles. The Balaban J connectivity index is 1.47. The summed E-state index contributed by atoms with van der Waals surface area (Å²) in [4.78, 5) is 33.5. The third kappa shape index (κ3) is 4.44. The smallest absolute Gasteiger partial charge is 0.253 e. The summed E-state index contributed by atoms with van der Waals surface area (Å²) in [6.07, 6.45) is 0. The lowest BCUT2D eigenvalue weighted by atomic mass is 10.0. The topological polar surface area (TPSA) is 93.3 Å². The number of benzene rings is 3. The average Bonchev–Trinajstić information content (AvgIpc) is 2.90. The molecule has 35 heavy (non-hydrogen) atoms. The number of pyridine rings is 2. The summed E-state index contributed by atoms with van der Waals surface area (Å²) >= 11 is 0. The van der Waals surface area contributed by atoms with E-state index >= 15 is 0 Å². The quantitative estimate of drug-likeness (QED) is 0.380. The minimum absolute atomic E-state index is 0.0792. The molecule has 0 fully saturated rings. The normalized spacial score (nSPS) is 10.9. The highest BCUT2D eigenvalue weighted by atomic mass is 16.5. The Morgan fingerprint density at radius 2 is 1.66 bits per heavy atom. The predicted molar refractivity (Wildman–Crippen MR) is 136 cm³/mol. The first-order chi connectivity index (χ1) is 17.1. The van der Waals surface area contributed by atoms with Gasteiger partial charge in [0.15, 0.2) is 0 Å². The van der Waals surface area contributed by atoms with E-state index in [1.807, 2.05) is 54.6 Å². The summed E-state index contributed by atoms with van der Waals surface area (Å²) in [7, 11) is 3.20. The largest absolute Gasteiger partial charge is 0.497 e. The van der Waals surface area contributed by atoms with Gasteiger partial charge in [-0.3, -0.25) is 9.59 Å². The molecule has 0 atom stereocenters. The SMILES string of the molecule is COc1ccc(-c2cc(C(=O)NCc3cc4cc(OC)ccc4[nH]c3=O)c3ccccc3n2)cc1.